The van der Waals surface area contributed by atoms with Crippen molar-refractivity contribution in [2.24, 2.45) is 5.73 Å². The van der Waals surface area contributed by atoms with Gasteiger partial charge in [-0.1, -0.05) is 11.6 Å². The summed E-state index contributed by atoms with van der Waals surface area (Å²) >= 11 is 5.92. The Kier molecular flexibility index (Phi) is 3.03. The number of halogens is 1. The molecule has 5 heteroatoms. The fourth-order valence-corrected chi connectivity index (χ4v) is 2.02. The zero-order valence-electron chi connectivity index (χ0n) is 8.69. The molecule has 0 bridgehead atoms. The molecule has 1 amide bonds. The molecule has 1 atom stereocenters. The molecule has 0 saturated carbocycles. The molecule has 0 radical (unpaired) electrons. The molecule has 1 heterocycles. The predicted molar refractivity (Wildman–Crippen MR) is 61.6 cm³/mol. The van der Waals surface area contributed by atoms with Gasteiger partial charge in [0.1, 0.15) is 5.75 Å². The summed E-state index contributed by atoms with van der Waals surface area (Å²) in [6.45, 7) is 1.19. The topological polar surface area (TPSA) is 66.6 Å². The van der Waals surface area contributed by atoms with Crippen LogP contribution in [0.1, 0.15) is 16.8 Å². The lowest BCUT2D eigenvalue weighted by molar-refractivity contribution is 0.0790. The maximum absolute atomic E-state index is 12.0. The third-order valence-electron chi connectivity index (χ3n) is 2.69. The zero-order chi connectivity index (χ0) is 11.7. The molecular weight excluding hydrogens is 228 g/mol. The van der Waals surface area contributed by atoms with E-state index in [1.165, 1.54) is 18.2 Å². The van der Waals surface area contributed by atoms with Gasteiger partial charge in [0.25, 0.3) is 5.91 Å². The lowest BCUT2D eigenvalue weighted by atomic mass is 10.2. The van der Waals surface area contributed by atoms with E-state index in [9.17, 15) is 9.90 Å². The number of nitrogens with two attached hydrogens (primary N) is 1. The van der Waals surface area contributed by atoms with Crippen molar-refractivity contribution < 1.29 is 9.90 Å². The minimum absolute atomic E-state index is 0.0382. The number of amides is 1. The number of likely N-dealkylation sites (tertiary alicyclic amines) is 1. The van der Waals surface area contributed by atoms with Gasteiger partial charge in [0, 0.05) is 19.1 Å². The van der Waals surface area contributed by atoms with Gasteiger partial charge in [-0.05, 0) is 24.6 Å². The normalized spacial score (nSPS) is 20.1. The van der Waals surface area contributed by atoms with Crippen molar-refractivity contribution in [2.45, 2.75) is 12.5 Å². The van der Waals surface area contributed by atoms with Crippen molar-refractivity contribution in [3.63, 3.8) is 0 Å². The van der Waals surface area contributed by atoms with Crippen LogP contribution >= 0.6 is 11.6 Å². The molecule has 2 rings (SSSR count). The number of hydrogen-bond acceptors (Lipinski definition) is 3. The van der Waals surface area contributed by atoms with E-state index in [0.29, 0.717) is 23.7 Å². The number of hydrogen-bond donors (Lipinski definition) is 2. The van der Waals surface area contributed by atoms with Crippen molar-refractivity contribution in [1.82, 2.24) is 4.90 Å². The van der Waals surface area contributed by atoms with E-state index in [-0.39, 0.29) is 17.7 Å². The summed E-state index contributed by atoms with van der Waals surface area (Å²) in [5.41, 5.74) is 6.06. The third-order valence-corrected chi connectivity index (χ3v) is 3.02. The SMILES string of the molecule is N[C@H]1CCN(C(=O)c2cc(O)ccc2Cl)C1. The quantitative estimate of drug-likeness (QED) is 0.776. The van der Waals surface area contributed by atoms with Crippen LogP contribution < -0.4 is 5.73 Å². The fourth-order valence-electron chi connectivity index (χ4n) is 1.82. The summed E-state index contributed by atoms with van der Waals surface area (Å²) in [5, 5.41) is 9.68. The molecule has 1 aliphatic heterocycles. The number of carbonyl (C=O) groups is 1. The maximum atomic E-state index is 12.0. The van der Waals surface area contributed by atoms with Gasteiger partial charge in [0.05, 0.1) is 10.6 Å². The van der Waals surface area contributed by atoms with Gasteiger partial charge in [0.2, 0.25) is 0 Å². The molecule has 0 aliphatic carbocycles. The molecule has 86 valence electrons. The Morgan fingerprint density at radius 2 is 2.31 bits per heavy atom. The lowest BCUT2D eigenvalue weighted by Crippen LogP contribution is -2.32. The molecule has 4 nitrogen and oxygen atoms in total. The highest BCUT2D eigenvalue weighted by Crippen LogP contribution is 2.23. The summed E-state index contributed by atoms with van der Waals surface area (Å²) in [5.74, 6) is -0.134. The first-order valence-electron chi connectivity index (χ1n) is 5.11. The first-order chi connectivity index (χ1) is 7.58. The van der Waals surface area contributed by atoms with Crippen LogP contribution in [0.25, 0.3) is 0 Å². The number of phenols is 1. The van der Waals surface area contributed by atoms with Crippen LogP contribution in [0.15, 0.2) is 18.2 Å². The summed E-state index contributed by atoms with van der Waals surface area (Å²) in [6, 6.07) is 4.39. The van der Waals surface area contributed by atoms with E-state index in [4.69, 9.17) is 17.3 Å². The Bertz CT molecular complexity index is 422. The lowest BCUT2D eigenvalue weighted by Gasteiger charge is -2.16. The van der Waals surface area contributed by atoms with Crippen molar-refractivity contribution >= 4 is 17.5 Å². The minimum Gasteiger partial charge on any atom is -0.508 e. The number of phenolic OH excluding ortho intramolecular Hbond substituents is 1. The number of benzene rings is 1. The van der Waals surface area contributed by atoms with Gasteiger partial charge in [0.15, 0.2) is 0 Å². The smallest absolute Gasteiger partial charge is 0.255 e. The predicted octanol–water partition coefficient (Wildman–Crippen LogP) is 1.22. The van der Waals surface area contributed by atoms with Crippen molar-refractivity contribution in [3.05, 3.63) is 28.8 Å². The van der Waals surface area contributed by atoms with Gasteiger partial charge in [-0.3, -0.25) is 4.79 Å². The molecule has 16 heavy (non-hydrogen) atoms. The second-order valence-electron chi connectivity index (χ2n) is 3.96. The highest BCUT2D eigenvalue weighted by atomic mass is 35.5. The summed E-state index contributed by atoms with van der Waals surface area (Å²) in [6.07, 6.45) is 0.808. The van der Waals surface area contributed by atoms with Gasteiger partial charge in [-0.25, -0.2) is 0 Å². The Morgan fingerprint density at radius 3 is 2.94 bits per heavy atom. The maximum Gasteiger partial charge on any atom is 0.255 e. The van der Waals surface area contributed by atoms with E-state index in [1.807, 2.05) is 0 Å². The van der Waals surface area contributed by atoms with Crippen LogP contribution in [0.5, 0.6) is 5.75 Å². The van der Waals surface area contributed by atoms with E-state index >= 15 is 0 Å². The van der Waals surface area contributed by atoms with Crippen LogP contribution in [0.2, 0.25) is 5.02 Å². The molecule has 0 aromatic heterocycles. The third kappa shape index (κ3) is 2.13. The monoisotopic (exact) mass is 240 g/mol. The average Bonchev–Trinajstić information content (AvgIpc) is 2.67. The number of aromatic hydroxyl groups is 1. The molecule has 1 saturated heterocycles. The summed E-state index contributed by atoms with van der Waals surface area (Å²) < 4.78 is 0. The van der Waals surface area contributed by atoms with Crippen LogP contribution in [0.3, 0.4) is 0 Å². The van der Waals surface area contributed by atoms with Gasteiger partial charge >= 0.3 is 0 Å². The average molecular weight is 241 g/mol. The fraction of sp³-hybridized carbons (Fsp3) is 0.364. The van der Waals surface area contributed by atoms with Crippen molar-refractivity contribution in [1.29, 1.82) is 0 Å². The second kappa shape index (κ2) is 4.31. The van der Waals surface area contributed by atoms with E-state index in [2.05, 4.69) is 0 Å². The van der Waals surface area contributed by atoms with Crippen LogP contribution in [-0.2, 0) is 0 Å². The molecule has 1 fully saturated rings. The molecule has 1 aromatic carbocycles. The zero-order valence-corrected chi connectivity index (χ0v) is 9.44. The van der Waals surface area contributed by atoms with Crippen LogP contribution in [0, 0.1) is 0 Å². The molecule has 1 aliphatic rings. The Morgan fingerprint density at radius 1 is 1.56 bits per heavy atom. The first kappa shape index (κ1) is 11.2. The largest absolute Gasteiger partial charge is 0.508 e. The van der Waals surface area contributed by atoms with Crippen LogP contribution in [0.4, 0.5) is 0 Å². The molecule has 1 aromatic rings. The van der Waals surface area contributed by atoms with Crippen LogP contribution in [-0.4, -0.2) is 35.0 Å². The summed E-state index contributed by atoms with van der Waals surface area (Å²) in [7, 11) is 0. The summed E-state index contributed by atoms with van der Waals surface area (Å²) in [4.78, 5) is 13.7. The second-order valence-corrected chi connectivity index (χ2v) is 4.37. The molecular formula is C11H13ClN2O2. The number of carbonyl (C=O) groups excluding carboxylic acids is 1. The van der Waals surface area contributed by atoms with E-state index in [1.54, 1.807) is 4.90 Å². The van der Waals surface area contributed by atoms with Crippen molar-refractivity contribution in [3.8, 4) is 5.75 Å². The first-order valence-corrected chi connectivity index (χ1v) is 5.49. The number of nitrogens with zero attached hydrogens (tertiary/aromatic N) is 1. The van der Waals surface area contributed by atoms with Gasteiger partial charge in [-0.15, -0.1) is 0 Å². The van der Waals surface area contributed by atoms with Crippen molar-refractivity contribution in [2.75, 3.05) is 13.1 Å². The van der Waals surface area contributed by atoms with Gasteiger partial charge < -0.3 is 15.7 Å². The molecule has 0 unspecified atom stereocenters. The highest BCUT2D eigenvalue weighted by Gasteiger charge is 2.25. The standard InChI is InChI=1S/C11H13ClN2O2/c12-10-2-1-8(15)5-9(10)11(16)14-4-3-7(13)6-14/h1-2,5,7,15H,3-4,6,13H2/t7-/m0/s1. The highest BCUT2D eigenvalue weighted by molar-refractivity contribution is 6.33. The van der Waals surface area contributed by atoms with Gasteiger partial charge in [-0.2, -0.15) is 0 Å². The minimum atomic E-state index is -0.172. The van der Waals surface area contributed by atoms with E-state index < -0.39 is 0 Å². The van der Waals surface area contributed by atoms with E-state index in [0.717, 1.165) is 6.42 Å². The Labute approximate surface area is 98.6 Å². The Hall–Kier alpha value is -1.26. The number of rotatable bonds is 1. The molecule has 3 N–H and O–H groups in total. The Balaban J connectivity index is 2.23. The molecule has 0 spiro atoms.